The Hall–Kier alpha value is -0.910. The highest BCUT2D eigenvalue weighted by Gasteiger charge is 2.32. The predicted molar refractivity (Wildman–Crippen MR) is 90.6 cm³/mol. The molecule has 0 aromatic carbocycles. The molecule has 1 rings (SSSR count). The molecule has 0 saturated heterocycles. The van der Waals surface area contributed by atoms with E-state index in [2.05, 4.69) is 37.1 Å². The minimum atomic E-state index is -0.0899. The molecule has 5 nitrogen and oxygen atoms in total. The van der Waals surface area contributed by atoms with Crippen LogP contribution in [0.2, 0.25) is 0 Å². The number of nitrogens with one attached hydrogen (secondary N) is 3. The van der Waals surface area contributed by atoms with Crippen LogP contribution >= 0.6 is 12.6 Å². The molecule has 0 heterocycles. The number of guanidine groups is 1. The average molecular weight is 314 g/mol. The minimum Gasteiger partial charge on any atom is -0.370 e. The van der Waals surface area contributed by atoms with E-state index in [4.69, 9.17) is 11.1 Å². The van der Waals surface area contributed by atoms with Gasteiger partial charge in [-0.3, -0.25) is 10.2 Å². The largest absolute Gasteiger partial charge is 0.370 e. The van der Waals surface area contributed by atoms with Crippen LogP contribution in [0.15, 0.2) is 0 Å². The third-order valence-electron chi connectivity index (χ3n) is 4.61. The molecular formula is C15H30N4OS. The predicted octanol–water partition coefficient (Wildman–Crippen LogP) is 1.74. The lowest BCUT2D eigenvalue weighted by molar-refractivity contribution is -0.121. The number of nitrogens with two attached hydrogens (primary N) is 1. The van der Waals surface area contributed by atoms with Gasteiger partial charge in [-0.25, -0.2) is 0 Å². The molecule has 1 fully saturated rings. The third kappa shape index (κ3) is 6.59. The van der Waals surface area contributed by atoms with Gasteiger partial charge in [0.25, 0.3) is 0 Å². The monoisotopic (exact) mass is 314 g/mol. The highest BCUT2D eigenvalue weighted by atomic mass is 32.1. The van der Waals surface area contributed by atoms with Crippen molar-refractivity contribution in [1.29, 1.82) is 5.41 Å². The lowest BCUT2D eigenvalue weighted by atomic mass is 9.69. The molecule has 1 amide bonds. The molecule has 0 unspecified atom stereocenters. The zero-order chi connectivity index (χ0) is 15.9. The Morgan fingerprint density at radius 3 is 2.43 bits per heavy atom. The van der Waals surface area contributed by atoms with Gasteiger partial charge in [-0.1, -0.05) is 13.8 Å². The first-order valence-corrected chi connectivity index (χ1v) is 8.44. The molecule has 122 valence electrons. The van der Waals surface area contributed by atoms with Crippen molar-refractivity contribution < 1.29 is 4.79 Å². The van der Waals surface area contributed by atoms with Crippen LogP contribution in [-0.4, -0.2) is 30.7 Å². The van der Waals surface area contributed by atoms with Gasteiger partial charge in [0.05, 0.1) is 0 Å². The van der Waals surface area contributed by atoms with Crippen LogP contribution in [0.25, 0.3) is 0 Å². The molecule has 0 atom stereocenters. The van der Waals surface area contributed by atoms with Gasteiger partial charge in [-0.2, -0.15) is 12.6 Å². The Morgan fingerprint density at radius 2 is 1.90 bits per heavy atom. The van der Waals surface area contributed by atoms with E-state index in [0.29, 0.717) is 24.3 Å². The van der Waals surface area contributed by atoms with Gasteiger partial charge in [0.1, 0.15) is 0 Å². The van der Waals surface area contributed by atoms with Gasteiger partial charge >= 0.3 is 0 Å². The molecule has 0 aromatic heterocycles. The van der Waals surface area contributed by atoms with E-state index in [1.54, 1.807) is 0 Å². The van der Waals surface area contributed by atoms with Gasteiger partial charge in [-0.05, 0) is 48.7 Å². The van der Waals surface area contributed by atoms with Crippen molar-refractivity contribution in [3.8, 4) is 0 Å². The summed E-state index contributed by atoms with van der Waals surface area (Å²) >= 11 is 4.46. The summed E-state index contributed by atoms with van der Waals surface area (Å²) in [6.07, 6.45) is 5.21. The molecule has 0 aliphatic heterocycles. The van der Waals surface area contributed by atoms with Gasteiger partial charge in [0, 0.05) is 19.5 Å². The van der Waals surface area contributed by atoms with Gasteiger partial charge in [0.15, 0.2) is 5.96 Å². The fraction of sp³-hybridized carbons (Fsp3) is 0.867. The summed E-state index contributed by atoms with van der Waals surface area (Å²) in [5.41, 5.74) is 5.48. The van der Waals surface area contributed by atoms with Crippen molar-refractivity contribution >= 4 is 24.5 Å². The summed E-state index contributed by atoms with van der Waals surface area (Å²) in [4.78, 5) is 11.7. The number of carbonyl (C=O) groups is 1. The zero-order valence-electron chi connectivity index (χ0n) is 13.2. The lowest BCUT2D eigenvalue weighted by Gasteiger charge is -2.38. The normalized spacial score (nSPS) is 22.6. The molecule has 1 saturated carbocycles. The molecule has 0 bridgehead atoms. The molecule has 0 spiro atoms. The van der Waals surface area contributed by atoms with Crippen LogP contribution < -0.4 is 16.4 Å². The van der Waals surface area contributed by atoms with Gasteiger partial charge in [0.2, 0.25) is 5.91 Å². The third-order valence-corrected chi connectivity index (χ3v) is 5.43. The summed E-state index contributed by atoms with van der Waals surface area (Å²) in [6, 6.07) is 0. The van der Waals surface area contributed by atoms with Crippen LogP contribution in [0.5, 0.6) is 0 Å². The van der Waals surface area contributed by atoms with E-state index in [0.717, 1.165) is 18.2 Å². The Balaban J connectivity index is 2.18. The topological polar surface area (TPSA) is 91.0 Å². The maximum atomic E-state index is 11.7. The Bertz CT molecular complexity index is 352. The van der Waals surface area contributed by atoms with E-state index in [9.17, 15) is 4.79 Å². The van der Waals surface area contributed by atoms with E-state index in [1.807, 2.05) is 0 Å². The Kier molecular flexibility index (Phi) is 7.35. The first-order chi connectivity index (χ1) is 9.85. The van der Waals surface area contributed by atoms with Crippen LogP contribution in [0, 0.1) is 22.7 Å². The fourth-order valence-corrected chi connectivity index (χ4v) is 3.19. The van der Waals surface area contributed by atoms with Crippen molar-refractivity contribution in [2.24, 2.45) is 23.0 Å². The van der Waals surface area contributed by atoms with Crippen molar-refractivity contribution in [3.05, 3.63) is 0 Å². The first-order valence-electron chi connectivity index (χ1n) is 7.80. The molecule has 5 N–H and O–H groups in total. The molecule has 1 aliphatic rings. The van der Waals surface area contributed by atoms with Crippen LogP contribution in [-0.2, 0) is 4.79 Å². The summed E-state index contributed by atoms with van der Waals surface area (Å²) < 4.78 is 0. The van der Waals surface area contributed by atoms with Crippen molar-refractivity contribution in [3.63, 3.8) is 0 Å². The highest BCUT2D eigenvalue weighted by molar-refractivity contribution is 7.80. The Labute approximate surface area is 133 Å². The second-order valence-electron chi connectivity index (χ2n) is 6.76. The SMILES string of the molecule is CC(C)(CS)C1CCC(CNC(=O)CCNC(=N)N)CC1. The molecule has 0 aromatic rings. The van der Waals surface area contributed by atoms with Gasteiger partial charge in [-0.15, -0.1) is 0 Å². The summed E-state index contributed by atoms with van der Waals surface area (Å²) in [5, 5.41) is 12.6. The average Bonchev–Trinajstić information content (AvgIpc) is 2.45. The number of rotatable bonds is 7. The Morgan fingerprint density at radius 1 is 1.29 bits per heavy atom. The summed E-state index contributed by atoms with van der Waals surface area (Å²) in [5.74, 6) is 2.22. The maximum Gasteiger partial charge on any atom is 0.221 e. The number of hydrogen-bond donors (Lipinski definition) is 5. The van der Waals surface area contributed by atoms with Crippen molar-refractivity contribution in [2.75, 3.05) is 18.8 Å². The number of carbonyl (C=O) groups excluding carboxylic acids is 1. The smallest absolute Gasteiger partial charge is 0.221 e. The standard InChI is InChI=1S/C15H30N4OS/c1-15(2,10-21)12-5-3-11(4-6-12)9-19-13(20)7-8-18-14(16)17/h11-12,21H,3-10H2,1-2H3,(H,19,20)(H4,16,17,18). The van der Waals surface area contributed by atoms with Crippen LogP contribution in [0.3, 0.4) is 0 Å². The highest BCUT2D eigenvalue weighted by Crippen LogP contribution is 2.40. The second-order valence-corrected chi connectivity index (χ2v) is 7.08. The summed E-state index contributed by atoms with van der Waals surface area (Å²) in [7, 11) is 0. The molecule has 6 heteroatoms. The van der Waals surface area contributed by atoms with E-state index < -0.39 is 0 Å². The molecule has 0 radical (unpaired) electrons. The minimum absolute atomic E-state index is 0.0292. The first kappa shape index (κ1) is 18.1. The van der Waals surface area contributed by atoms with E-state index in [-0.39, 0.29) is 11.9 Å². The number of thiol groups is 1. The summed E-state index contributed by atoms with van der Waals surface area (Å²) in [6.45, 7) is 5.79. The van der Waals surface area contributed by atoms with Crippen LogP contribution in [0.4, 0.5) is 0 Å². The van der Waals surface area contributed by atoms with Crippen molar-refractivity contribution in [1.82, 2.24) is 10.6 Å². The van der Waals surface area contributed by atoms with E-state index >= 15 is 0 Å². The van der Waals surface area contributed by atoms with Crippen LogP contribution in [0.1, 0.15) is 46.0 Å². The van der Waals surface area contributed by atoms with Crippen molar-refractivity contribution in [2.45, 2.75) is 46.0 Å². The molecule has 1 aliphatic carbocycles. The lowest BCUT2D eigenvalue weighted by Crippen LogP contribution is -2.37. The fourth-order valence-electron chi connectivity index (χ4n) is 2.93. The second kappa shape index (κ2) is 8.51. The quantitative estimate of drug-likeness (QED) is 0.282. The maximum absolute atomic E-state index is 11.7. The molecule has 21 heavy (non-hydrogen) atoms. The van der Waals surface area contributed by atoms with E-state index in [1.165, 1.54) is 25.7 Å². The number of hydrogen-bond acceptors (Lipinski definition) is 3. The number of amides is 1. The van der Waals surface area contributed by atoms with Gasteiger partial charge < -0.3 is 16.4 Å². The zero-order valence-corrected chi connectivity index (χ0v) is 14.1. The molecular weight excluding hydrogens is 284 g/mol.